The van der Waals surface area contributed by atoms with E-state index in [9.17, 15) is 14.9 Å². The van der Waals surface area contributed by atoms with Gasteiger partial charge >= 0.3 is 0 Å². The molecule has 0 aliphatic rings. The molecule has 1 heterocycles. The fourth-order valence-electron chi connectivity index (χ4n) is 2.58. The van der Waals surface area contributed by atoms with Crippen LogP contribution in [0.5, 0.6) is 0 Å². The van der Waals surface area contributed by atoms with Crippen molar-refractivity contribution in [3.63, 3.8) is 0 Å². The molecule has 8 nitrogen and oxygen atoms in total. The number of nitro groups is 1. The van der Waals surface area contributed by atoms with Gasteiger partial charge in [0.15, 0.2) is 0 Å². The minimum atomic E-state index is -0.541. The second-order valence-corrected chi connectivity index (χ2v) is 5.82. The third kappa shape index (κ3) is 3.75. The zero-order valence-corrected chi connectivity index (χ0v) is 14.1. The lowest BCUT2D eigenvalue weighted by Gasteiger charge is -2.13. The van der Waals surface area contributed by atoms with Gasteiger partial charge in [0.2, 0.25) is 0 Å². The smallest absolute Gasteiger partial charge is 0.295 e. The number of nitrogens with one attached hydrogen (secondary N) is 1. The number of amides is 1. The van der Waals surface area contributed by atoms with E-state index in [-0.39, 0.29) is 28.8 Å². The first kappa shape index (κ1) is 17.3. The van der Waals surface area contributed by atoms with Gasteiger partial charge in [-0.25, -0.2) is 9.67 Å². The summed E-state index contributed by atoms with van der Waals surface area (Å²) in [5, 5.41) is 18.1. The van der Waals surface area contributed by atoms with E-state index in [1.807, 2.05) is 37.3 Å². The average Bonchev–Trinajstić information content (AvgIpc) is 3.20. The molecule has 0 aliphatic heterocycles. The standard InChI is InChI=1S/C18H17N5O3/c1-13(14-5-3-2-4-6-14)10-20-18(24)15-7-8-16(17(9-15)23(25)26)22-12-19-11-21-22/h2-9,11-13H,10H2,1H3,(H,20,24)/t13-/m1/s1. The van der Waals surface area contributed by atoms with Gasteiger partial charge in [0, 0.05) is 18.2 Å². The summed E-state index contributed by atoms with van der Waals surface area (Å²) in [4.78, 5) is 27.0. The fourth-order valence-corrected chi connectivity index (χ4v) is 2.58. The van der Waals surface area contributed by atoms with Crippen LogP contribution >= 0.6 is 0 Å². The largest absolute Gasteiger partial charge is 0.351 e. The molecule has 132 valence electrons. The Balaban J connectivity index is 1.75. The van der Waals surface area contributed by atoms with E-state index in [1.54, 1.807) is 0 Å². The van der Waals surface area contributed by atoms with Gasteiger partial charge in [-0.15, -0.1) is 0 Å². The Morgan fingerprint density at radius 1 is 1.27 bits per heavy atom. The summed E-state index contributed by atoms with van der Waals surface area (Å²) in [5.41, 5.74) is 1.38. The lowest BCUT2D eigenvalue weighted by atomic mass is 10.0. The van der Waals surface area contributed by atoms with E-state index in [4.69, 9.17) is 0 Å². The second kappa shape index (κ2) is 7.56. The van der Waals surface area contributed by atoms with Crippen LogP contribution in [0.1, 0.15) is 28.8 Å². The highest BCUT2D eigenvalue weighted by molar-refractivity contribution is 5.95. The first-order chi connectivity index (χ1) is 12.6. The summed E-state index contributed by atoms with van der Waals surface area (Å²) in [6.45, 7) is 2.44. The van der Waals surface area contributed by atoms with Gasteiger partial charge in [-0.05, 0) is 23.6 Å². The Morgan fingerprint density at radius 2 is 2.04 bits per heavy atom. The molecule has 0 bridgehead atoms. The monoisotopic (exact) mass is 351 g/mol. The quantitative estimate of drug-likeness (QED) is 0.543. The highest BCUT2D eigenvalue weighted by Gasteiger charge is 2.19. The maximum Gasteiger partial charge on any atom is 0.295 e. The number of carbonyl (C=O) groups excluding carboxylic acids is 1. The molecule has 0 fully saturated rings. The Bertz CT molecular complexity index is 910. The predicted molar refractivity (Wildman–Crippen MR) is 95.2 cm³/mol. The van der Waals surface area contributed by atoms with E-state index in [0.29, 0.717) is 6.54 Å². The molecule has 0 spiro atoms. The van der Waals surface area contributed by atoms with E-state index < -0.39 is 4.92 Å². The van der Waals surface area contributed by atoms with Crippen LogP contribution in [-0.2, 0) is 0 Å². The molecule has 3 aromatic rings. The van der Waals surface area contributed by atoms with Crippen LogP contribution in [-0.4, -0.2) is 32.1 Å². The predicted octanol–water partition coefficient (Wildman–Crippen LogP) is 2.71. The third-order valence-corrected chi connectivity index (χ3v) is 4.04. The number of rotatable bonds is 6. The Morgan fingerprint density at radius 3 is 2.69 bits per heavy atom. The zero-order chi connectivity index (χ0) is 18.5. The number of aromatic nitrogens is 3. The van der Waals surface area contributed by atoms with E-state index >= 15 is 0 Å². The third-order valence-electron chi connectivity index (χ3n) is 4.04. The number of carbonyl (C=O) groups is 1. The molecular formula is C18H17N5O3. The Kier molecular flexibility index (Phi) is 5.02. The molecule has 0 radical (unpaired) electrons. The van der Waals surface area contributed by atoms with Crippen molar-refractivity contribution in [2.45, 2.75) is 12.8 Å². The molecule has 3 rings (SSSR count). The van der Waals surface area contributed by atoms with Crippen molar-refractivity contribution >= 4 is 11.6 Å². The lowest BCUT2D eigenvalue weighted by molar-refractivity contribution is -0.384. The lowest BCUT2D eigenvalue weighted by Crippen LogP contribution is -2.27. The molecule has 0 saturated heterocycles. The second-order valence-electron chi connectivity index (χ2n) is 5.82. The maximum absolute atomic E-state index is 12.4. The van der Waals surface area contributed by atoms with Crippen LogP contribution in [0.25, 0.3) is 5.69 Å². The summed E-state index contributed by atoms with van der Waals surface area (Å²) in [7, 11) is 0. The van der Waals surface area contributed by atoms with Gasteiger partial charge in [0.05, 0.1) is 4.92 Å². The molecule has 1 aromatic heterocycles. The van der Waals surface area contributed by atoms with Crippen LogP contribution in [0.3, 0.4) is 0 Å². The summed E-state index contributed by atoms with van der Waals surface area (Å²) >= 11 is 0. The van der Waals surface area contributed by atoms with Crippen molar-refractivity contribution in [1.82, 2.24) is 20.1 Å². The van der Waals surface area contributed by atoms with Crippen LogP contribution in [0, 0.1) is 10.1 Å². The molecule has 8 heteroatoms. The molecule has 0 unspecified atom stereocenters. The van der Waals surface area contributed by atoms with Gasteiger partial charge in [-0.2, -0.15) is 5.10 Å². The number of nitro benzene ring substituents is 1. The number of benzene rings is 2. The first-order valence-corrected chi connectivity index (χ1v) is 8.03. The Labute approximate surface area is 149 Å². The van der Waals surface area contributed by atoms with Gasteiger partial charge in [0.25, 0.3) is 11.6 Å². The van der Waals surface area contributed by atoms with Gasteiger partial charge in [-0.1, -0.05) is 37.3 Å². The highest BCUT2D eigenvalue weighted by atomic mass is 16.6. The van der Waals surface area contributed by atoms with E-state index in [2.05, 4.69) is 15.4 Å². The van der Waals surface area contributed by atoms with Gasteiger partial charge < -0.3 is 5.32 Å². The van der Waals surface area contributed by atoms with E-state index in [0.717, 1.165) is 5.56 Å². The van der Waals surface area contributed by atoms with Crippen LogP contribution in [0.15, 0.2) is 61.2 Å². The molecule has 26 heavy (non-hydrogen) atoms. The summed E-state index contributed by atoms with van der Waals surface area (Å²) in [6, 6.07) is 14.1. The molecule has 1 N–H and O–H groups in total. The van der Waals surface area contributed by atoms with Crippen molar-refractivity contribution in [2.24, 2.45) is 0 Å². The van der Waals surface area contributed by atoms with E-state index in [1.165, 1.54) is 35.5 Å². The van der Waals surface area contributed by atoms with Crippen LogP contribution < -0.4 is 5.32 Å². The van der Waals surface area contributed by atoms with Crippen molar-refractivity contribution < 1.29 is 9.72 Å². The van der Waals surface area contributed by atoms with Crippen LogP contribution in [0.4, 0.5) is 5.69 Å². The van der Waals surface area contributed by atoms with Crippen LogP contribution in [0.2, 0.25) is 0 Å². The van der Waals surface area contributed by atoms with Crippen molar-refractivity contribution in [2.75, 3.05) is 6.54 Å². The minimum Gasteiger partial charge on any atom is -0.351 e. The topological polar surface area (TPSA) is 103 Å². The van der Waals surface area contributed by atoms with Crippen molar-refractivity contribution in [3.8, 4) is 5.69 Å². The first-order valence-electron chi connectivity index (χ1n) is 8.03. The van der Waals surface area contributed by atoms with Crippen molar-refractivity contribution in [3.05, 3.63) is 82.4 Å². The number of hydrogen-bond acceptors (Lipinski definition) is 5. The molecular weight excluding hydrogens is 334 g/mol. The van der Waals surface area contributed by atoms with Crippen molar-refractivity contribution in [1.29, 1.82) is 0 Å². The zero-order valence-electron chi connectivity index (χ0n) is 14.1. The maximum atomic E-state index is 12.4. The molecule has 0 aliphatic carbocycles. The molecule has 1 atom stereocenters. The van der Waals surface area contributed by atoms with Gasteiger partial charge in [-0.3, -0.25) is 14.9 Å². The molecule has 0 saturated carbocycles. The average molecular weight is 351 g/mol. The summed E-state index contributed by atoms with van der Waals surface area (Å²) in [5.74, 6) is -0.231. The normalized spacial score (nSPS) is 11.7. The summed E-state index contributed by atoms with van der Waals surface area (Å²) < 4.78 is 1.29. The SMILES string of the molecule is C[C@H](CNC(=O)c1ccc(-n2cncn2)c([N+](=O)[O-])c1)c1ccccc1. The minimum absolute atomic E-state index is 0.129. The molecule has 2 aromatic carbocycles. The number of nitrogens with zero attached hydrogens (tertiary/aromatic N) is 4. The molecule has 1 amide bonds. The Hall–Kier alpha value is -3.55. The highest BCUT2D eigenvalue weighted by Crippen LogP contribution is 2.23. The fraction of sp³-hybridized carbons (Fsp3) is 0.167. The number of hydrogen-bond donors (Lipinski definition) is 1. The summed E-state index contributed by atoms with van der Waals surface area (Å²) in [6.07, 6.45) is 2.65. The van der Waals surface area contributed by atoms with Gasteiger partial charge in [0.1, 0.15) is 18.3 Å².